The molecule has 0 amide bonds. The number of hydrogen-bond donors (Lipinski definition) is 1. The van der Waals surface area contributed by atoms with E-state index in [-0.39, 0.29) is 0 Å². The minimum Gasteiger partial charge on any atom is -0.391 e. The van der Waals surface area contributed by atoms with Gasteiger partial charge in [-0.15, -0.1) is 0 Å². The molecule has 0 saturated heterocycles. The van der Waals surface area contributed by atoms with Gasteiger partial charge in [-0.25, -0.2) is 0 Å². The summed E-state index contributed by atoms with van der Waals surface area (Å²) in [4.78, 5) is 0. The largest absolute Gasteiger partial charge is 0.391 e. The molecule has 2 unspecified atom stereocenters. The van der Waals surface area contributed by atoms with Crippen LogP contribution in [0, 0.1) is 29.6 Å². The Kier molecular flexibility index (Phi) is 1.75. The Morgan fingerprint density at radius 2 is 1.67 bits per heavy atom. The van der Waals surface area contributed by atoms with E-state index in [0.717, 1.165) is 29.6 Å². The van der Waals surface area contributed by atoms with Crippen LogP contribution in [0.1, 0.15) is 38.5 Å². The van der Waals surface area contributed by atoms with Crippen LogP contribution in [-0.2, 0) is 0 Å². The number of hydrogen-bond acceptors (Lipinski definition) is 1. The monoisotopic (exact) mass is 203 g/mol. The van der Waals surface area contributed by atoms with E-state index in [1.165, 1.54) is 45.1 Å². The average Bonchev–Trinajstić information content (AvgIpc) is 3.19. The summed E-state index contributed by atoms with van der Waals surface area (Å²) in [5.41, 5.74) is 1.83. The highest BCUT2D eigenvalue weighted by atomic mass is 14.9. The SMILES string of the molecule is C1=C(C2CC2)C(C2CC2)C(C2CC2)CN1. The standard InChI is InChI=1S/C14H21N/c1-2-9(1)12-7-15-8-13(10-3-4-10)14(12)11-5-6-11/h7,9-11,13-15H,1-6,8H2. The lowest BCUT2D eigenvalue weighted by atomic mass is 9.76. The minimum atomic E-state index is 0.990. The third-order valence-electron chi connectivity index (χ3n) is 4.87. The molecule has 3 saturated carbocycles. The zero-order chi connectivity index (χ0) is 9.83. The molecule has 1 heterocycles. The Bertz CT molecular complexity index is 294. The smallest absolute Gasteiger partial charge is 0.0178 e. The van der Waals surface area contributed by atoms with Gasteiger partial charge in [-0.05, 0) is 79.9 Å². The molecule has 0 spiro atoms. The molecule has 3 aliphatic carbocycles. The molecule has 0 radical (unpaired) electrons. The minimum absolute atomic E-state index is 0.990. The Hall–Kier alpha value is -0.460. The maximum Gasteiger partial charge on any atom is 0.0178 e. The molecule has 1 N–H and O–H groups in total. The van der Waals surface area contributed by atoms with E-state index < -0.39 is 0 Å². The zero-order valence-electron chi connectivity index (χ0n) is 9.41. The third-order valence-corrected chi connectivity index (χ3v) is 4.87. The molecule has 0 aromatic heterocycles. The van der Waals surface area contributed by atoms with Crippen molar-refractivity contribution in [3.05, 3.63) is 11.8 Å². The summed E-state index contributed by atoms with van der Waals surface area (Å²) < 4.78 is 0. The molecular formula is C14H21N. The van der Waals surface area contributed by atoms with E-state index in [0.29, 0.717) is 0 Å². The van der Waals surface area contributed by atoms with E-state index in [1.807, 2.05) is 5.57 Å². The van der Waals surface area contributed by atoms with E-state index in [4.69, 9.17) is 0 Å². The van der Waals surface area contributed by atoms with Crippen molar-refractivity contribution in [3.8, 4) is 0 Å². The second-order valence-corrected chi connectivity index (χ2v) is 6.19. The van der Waals surface area contributed by atoms with Gasteiger partial charge < -0.3 is 5.32 Å². The van der Waals surface area contributed by atoms with E-state index in [1.54, 1.807) is 0 Å². The molecule has 1 aliphatic heterocycles. The Morgan fingerprint density at radius 3 is 2.27 bits per heavy atom. The summed E-state index contributed by atoms with van der Waals surface area (Å²) in [5, 5.41) is 3.58. The molecule has 1 heteroatoms. The first kappa shape index (κ1) is 8.66. The van der Waals surface area contributed by atoms with Crippen molar-refractivity contribution in [2.45, 2.75) is 38.5 Å². The van der Waals surface area contributed by atoms with Crippen molar-refractivity contribution in [2.24, 2.45) is 29.6 Å². The summed E-state index contributed by atoms with van der Waals surface area (Å²) in [6.07, 6.45) is 11.5. The second kappa shape index (κ2) is 3.02. The molecule has 0 aromatic rings. The lowest BCUT2D eigenvalue weighted by Gasteiger charge is -2.34. The Labute approximate surface area is 92.3 Å². The van der Waals surface area contributed by atoms with Crippen molar-refractivity contribution in [2.75, 3.05) is 6.54 Å². The number of rotatable bonds is 3. The molecule has 2 atom stereocenters. The van der Waals surface area contributed by atoms with Gasteiger partial charge in [-0.1, -0.05) is 0 Å². The first-order valence-electron chi connectivity index (χ1n) is 6.87. The fourth-order valence-corrected chi connectivity index (χ4v) is 3.65. The van der Waals surface area contributed by atoms with Crippen LogP contribution in [0.15, 0.2) is 11.8 Å². The maximum absolute atomic E-state index is 3.58. The van der Waals surface area contributed by atoms with Crippen molar-refractivity contribution >= 4 is 0 Å². The fraction of sp³-hybridized carbons (Fsp3) is 0.857. The van der Waals surface area contributed by atoms with Crippen LogP contribution >= 0.6 is 0 Å². The zero-order valence-corrected chi connectivity index (χ0v) is 9.41. The first-order valence-corrected chi connectivity index (χ1v) is 6.87. The van der Waals surface area contributed by atoms with E-state index in [2.05, 4.69) is 11.5 Å². The second-order valence-electron chi connectivity index (χ2n) is 6.19. The van der Waals surface area contributed by atoms with Gasteiger partial charge in [-0.3, -0.25) is 0 Å². The van der Waals surface area contributed by atoms with Crippen LogP contribution in [0.5, 0.6) is 0 Å². The summed E-state index contributed by atoms with van der Waals surface area (Å²) in [5.74, 6) is 5.18. The van der Waals surface area contributed by atoms with Crippen molar-refractivity contribution in [1.29, 1.82) is 0 Å². The van der Waals surface area contributed by atoms with Crippen LogP contribution in [0.3, 0.4) is 0 Å². The molecule has 82 valence electrons. The van der Waals surface area contributed by atoms with E-state index in [9.17, 15) is 0 Å². The first-order chi connectivity index (χ1) is 7.43. The number of nitrogens with one attached hydrogen (secondary N) is 1. The van der Waals surface area contributed by atoms with Crippen molar-refractivity contribution in [3.63, 3.8) is 0 Å². The Balaban J connectivity index is 1.61. The topological polar surface area (TPSA) is 12.0 Å². The van der Waals surface area contributed by atoms with Gasteiger partial charge in [0, 0.05) is 6.54 Å². The maximum atomic E-state index is 3.58. The third kappa shape index (κ3) is 1.51. The van der Waals surface area contributed by atoms with Gasteiger partial charge in [0.1, 0.15) is 0 Å². The van der Waals surface area contributed by atoms with Gasteiger partial charge in [0.15, 0.2) is 0 Å². The molecule has 3 fully saturated rings. The Morgan fingerprint density at radius 1 is 0.933 bits per heavy atom. The molecule has 4 rings (SSSR count). The van der Waals surface area contributed by atoms with Gasteiger partial charge in [0.2, 0.25) is 0 Å². The van der Waals surface area contributed by atoms with Crippen LogP contribution in [0.25, 0.3) is 0 Å². The van der Waals surface area contributed by atoms with Crippen LogP contribution < -0.4 is 5.32 Å². The van der Waals surface area contributed by atoms with Crippen molar-refractivity contribution in [1.82, 2.24) is 5.32 Å². The molecule has 4 aliphatic rings. The van der Waals surface area contributed by atoms with Crippen LogP contribution in [0.2, 0.25) is 0 Å². The quantitative estimate of drug-likeness (QED) is 0.743. The molecular weight excluding hydrogens is 182 g/mol. The van der Waals surface area contributed by atoms with Gasteiger partial charge in [-0.2, -0.15) is 0 Å². The summed E-state index contributed by atoms with van der Waals surface area (Å²) in [6.45, 7) is 1.28. The van der Waals surface area contributed by atoms with Gasteiger partial charge in [0.25, 0.3) is 0 Å². The normalized spacial score (nSPS) is 40.9. The number of allylic oxidation sites excluding steroid dienone is 1. The molecule has 1 nitrogen and oxygen atoms in total. The summed E-state index contributed by atoms with van der Waals surface area (Å²) >= 11 is 0. The predicted octanol–water partition coefficient (Wildman–Crippen LogP) is 2.94. The lowest BCUT2D eigenvalue weighted by molar-refractivity contribution is 0.273. The highest BCUT2D eigenvalue weighted by molar-refractivity contribution is 5.22. The highest BCUT2D eigenvalue weighted by Crippen LogP contribution is 2.56. The molecule has 15 heavy (non-hydrogen) atoms. The summed E-state index contributed by atoms with van der Waals surface area (Å²) in [6, 6.07) is 0. The average molecular weight is 203 g/mol. The van der Waals surface area contributed by atoms with E-state index >= 15 is 0 Å². The summed E-state index contributed by atoms with van der Waals surface area (Å²) in [7, 11) is 0. The predicted molar refractivity (Wildman–Crippen MR) is 61.2 cm³/mol. The van der Waals surface area contributed by atoms with Crippen LogP contribution in [-0.4, -0.2) is 6.54 Å². The van der Waals surface area contributed by atoms with Crippen molar-refractivity contribution < 1.29 is 0 Å². The molecule has 0 bridgehead atoms. The van der Waals surface area contributed by atoms with Crippen LogP contribution in [0.4, 0.5) is 0 Å². The highest BCUT2D eigenvalue weighted by Gasteiger charge is 2.48. The molecule has 0 aromatic carbocycles. The van der Waals surface area contributed by atoms with Gasteiger partial charge >= 0.3 is 0 Å². The van der Waals surface area contributed by atoms with Gasteiger partial charge in [0.05, 0.1) is 0 Å². The fourth-order valence-electron chi connectivity index (χ4n) is 3.65. The lowest BCUT2D eigenvalue weighted by Crippen LogP contribution is -2.35.